The fraction of sp³-hybridized carbons (Fsp3) is 0.333. The predicted molar refractivity (Wildman–Crippen MR) is 145 cm³/mol. The van der Waals surface area contributed by atoms with Crippen molar-refractivity contribution in [3.05, 3.63) is 102 Å². The van der Waals surface area contributed by atoms with Crippen LogP contribution in [0.4, 0.5) is 5.69 Å². The molecule has 1 aliphatic heterocycles. The summed E-state index contributed by atoms with van der Waals surface area (Å²) in [6.45, 7) is 3.11. The van der Waals surface area contributed by atoms with Crippen LogP contribution < -0.4 is 16.0 Å². The van der Waals surface area contributed by atoms with E-state index in [1.807, 2.05) is 30.3 Å². The van der Waals surface area contributed by atoms with Gasteiger partial charge in [-0.1, -0.05) is 78.9 Å². The molecule has 0 radical (unpaired) electrons. The van der Waals surface area contributed by atoms with Gasteiger partial charge in [0.05, 0.1) is 18.8 Å². The Hall–Kier alpha value is -3.48. The molecule has 1 aliphatic rings. The van der Waals surface area contributed by atoms with Crippen LogP contribution >= 0.6 is 0 Å². The van der Waals surface area contributed by atoms with Gasteiger partial charge in [0.2, 0.25) is 5.91 Å². The second kappa shape index (κ2) is 12.5. The summed E-state index contributed by atoms with van der Waals surface area (Å²) < 4.78 is 0. The van der Waals surface area contributed by atoms with Crippen molar-refractivity contribution in [2.45, 2.75) is 30.7 Å². The van der Waals surface area contributed by atoms with Gasteiger partial charge in [0.1, 0.15) is 6.29 Å². The molecule has 3 aromatic carbocycles. The Morgan fingerprint density at radius 3 is 1.94 bits per heavy atom. The Morgan fingerprint density at radius 1 is 0.917 bits per heavy atom. The first-order valence-electron chi connectivity index (χ1n) is 12.7. The number of amides is 1. The zero-order chi connectivity index (χ0) is 25.2. The summed E-state index contributed by atoms with van der Waals surface area (Å²) in [5.41, 5.74) is 8.33. The minimum atomic E-state index is -0.624. The molecular weight excluding hydrogens is 448 g/mol. The number of likely N-dealkylation sites (tertiary alicyclic amines) is 1. The smallest absolute Gasteiger partial charge is 0.231 e. The Kier molecular flexibility index (Phi) is 8.87. The highest BCUT2D eigenvalue weighted by Gasteiger charge is 2.40. The standard InChI is InChI=1S/C30H36N4O2/c31-29(36)22-32-24-34(27-14-8-3-9-15-27)30(23-35)17-20-33(21-18-30)19-16-28(25-10-4-1-5-11-25)26-12-6-2-7-13-26/h1-15,23,28,32H,16-22,24H2,(H2,31,36). The number of carbonyl (C=O) groups is 2. The van der Waals surface area contributed by atoms with E-state index in [9.17, 15) is 9.59 Å². The average Bonchev–Trinajstić information content (AvgIpc) is 2.93. The van der Waals surface area contributed by atoms with E-state index in [4.69, 9.17) is 5.73 Å². The summed E-state index contributed by atoms with van der Waals surface area (Å²) >= 11 is 0. The van der Waals surface area contributed by atoms with E-state index in [2.05, 4.69) is 75.8 Å². The first-order valence-corrected chi connectivity index (χ1v) is 12.7. The third-order valence-corrected chi connectivity index (χ3v) is 7.25. The maximum absolute atomic E-state index is 12.6. The van der Waals surface area contributed by atoms with Crippen molar-refractivity contribution in [2.75, 3.05) is 37.7 Å². The van der Waals surface area contributed by atoms with Gasteiger partial charge in [-0.15, -0.1) is 0 Å². The average molecular weight is 485 g/mol. The van der Waals surface area contributed by atoms with Crippen molar-refractivity contribution in [3.8, 4) is 0 Å². The predicted octanol–water partition coefficient (Wildman–Crippen LogP) is 3.78. The molecule has 4 rings (SSSR count). The number of nitrogens with two attached hydrogens (primary N) is 1. The molecule has 0 bridgehead atoms. The van der Waals surface area contributed by atoms with Crippen LogP contribution in [0.5, 0.6) is 0 Å². The fourth-order valence-corrected chi connectivity index (χ4v) is 5.23. The topological polar surface area (TPSA) is 78.7 Å². The number of rotatable bonds is 12. The van der Waals surface area contributed by atoms with Crippen LogP contribution in [-0.4, -0.2) is 55.5 Å². The van der Waals surface area contributed by atoms with Gasteiger partial charge in [0, 0.05) is 24.7 Å². The van der Waals surface area contributed by atoms with Crippen molar-refractivity contribution >= 4 is 17.9 Å². The highest BCUT2D eigenvalue weighted by Crippen LogP contribution is 2.33. The quantitative estimate of drug-likeness (QED) is 0.302. The molecule has 3 N–H and O–H groups in total. The molecule has 0 unspecified atom stereocenters. The SMILES string of the molecule is NC(=O)CNCN(c1ccccc1)C1(C=O)CCN(CCC(c2ccccc2)c2ccccc2)CC1. The van der Waals surface area contributed by atoms with E-state index in [0.29, 0.717) is 12.6 Å². The van der Waals surface area contributed by atoms with Crippen molar-refractivity contribution in [1.29, 1.82) is 0 Å². The van der Waals surface area contributed by atoms with Gasteiger partial charge < -0.3 is 20.3 Å². The molecule has 6 nitrogen and oxygen atoms in total. The van der Waals surface area contributed by atoms with E-state index >= 15 is 0 Å². The number of aldehydes is 1. The molecule has 0 aliphatic carbocycles. The second-order valence-electron chi connectivity index (χ2n) is 9.54. The summed E-state index contributed by atoms with van der Waals surface area (Å²) in [6, 6.07) is 31.3. The summed E-state index contributed by atoms with van der Waals surface area (Å²) in [6.07, 6.45) is 3.57. The lowest BCUT2D eigenvalue weighted by molar-refractivity contribution is -0.117. The molecule has 188 valence electrons. The van der Waals surface area contributed by atoms with Crippen LogP contribution in [0.25, 0.3) is 0 Å². The van der Waals surface area contributed by atoms with Crippen molar-refractivity contribution in [1.82, 2.24) is 10.2 Å². The number of hydrogen-bond donors (Lipinski definition) is 2. The van der Waals surface area contributed by atoms with Crippen LogP contribution in [0.2, 0.25) is 0 Å². The fourth-order valence-electron chi connectivity index (χ4n) is 5.23. The summed E-state index contributed by atoms with van der Waals surface area (Å²) in [7, 11) is 0. The van der Waals surface area contributed by atoms with Crippen LogP contribution in [0.15, 0.2) is 91.0 Å². The number of primary amides is 1. The van der Waals surface area contributed by atoms with Crippen molar-refractivity contribution < 1.29 is 9.59 Å². The summed E-state index contributed by atoms with van der Waals surface area (Å²) in [5.74, 6) is -0.0756. The molecule has 1 amide bonds. The molecule has 1 saturated heterocycles. The highest BCUT2D eigenvalue weighted by atomic mass is 16.1. The Bertz CT molecular complexity index is 1040. The van der Waals surface area contributed by atoms with E-state index < -0.39 is 11.4 Å². The molecule has 3 aromatic rings. The lowest BCUT2D eigenvalue weighted by Gasteiger charge is -2.47. The summed E-state index contributed by atoms with van der Waals surface area (Å²) in [5, 5.41) is 3.11. The second-order valence-corrected chi connectivity index (χ2v) is 9.54. The molecule has 0 atom stereocenters. The zero-order valence-corrected chi connectivity index (χ0v) is 20.8. The van der Waals surface area contributed by atoms with Gasteiger partial charge in [-0.05, 0) is 49.1 Å². The number of para-hydroxylation sites is 1. The Balaban J connectivity index is 1.44. The lowest BCUT2D eigenvalue weighted by atomic mass is 9.85. The molecular formula is C30H36N4O2. The number of nitrogens with one attached hydrogen (secondary N) is 1. The monoisotopic (exact) mass is 484 g/mol. The molecule has 1 fully saturated rings. The van der Waals surface area contributed by atoms with E-state index in [0.717, 1.165) is 50.9 Å². The largest absolute Gasteiger partial charge is 0.369 e. The molecule has 0 spiro atoms. The molecule has 0 aromatic heterocycles. The van der Waals surface area contributed by atoms with E-state index in [-0.39, 0.29) is 6.54 Å². The minimum absolute atomic E-state index is 0.0742. The number of benzene rings is 3. The third-order valence-electron chi connectivity index (χ3n) is 7.25. The van der Waals surface area contributed by atoms with E-state index in [1.54, 1.807) is 0 Å². The van der Waals surface area contributed by atoms with Gasteiger partial charge in [0.15, 0.2) is 0 Å². The van der Waals surface area contributed by atoms with Crippen molar-refractivity contribution in [3.63, 3.8) is 0 Å². The Morgan fingerprint density at radius 2 is 1.44 bits per heavy atom. The van der Waals surface area contributed by atoms with Gasteiger partial charge in [-0.25, -0.2) is 0 Å². The zero-order valence-electron chi connectivity index (χ0n) is 20.8. The normalized spacial score (nSPS) is 15.5. The number of hydrogen-bond acceptors (Lipinski definition) is 5. The number of nitrogens with zero attached hydrogens (tertiary/aromatic N) is 2. The number of carbonyl (C=O) groups excluding carboxylic acids is 2. The van der Waals surface area contributed by atoms with Crippen LogP contribution in [0.1, 0.15) is 36.3 Å². The van der Waals surface area contributed by atoms with Crippen molar-refractivity contribution in [2.24, 2.45) is 5.73 Å². The van der Waals surface area contributed by atoms with E-state index in [1.165, 1.54) is 11.1 Å². The van der Waals surface area contributed by atoms with Gasteiger partial charge in [-0.2, -0.15) is 0 Å². The van der Waals surface area contributed by atoms with Crippen LogP contribution in [0, 0.1) is 0 Å². The number of piperidine rings is 1. The first-order chi connectivity index (χ1) is 17.6. The van der Waals surface area contributed by atoms with Gasteiger partial charge in [-0.3, -0.25) is 10.1 Å². The minimum Gasteiger partial charge on any atom is -0.369 e. The van der Waals surface area contributed by atoms with Crippen LogP contribution in [0.3, 0.4) is 0 Å². The molecule has 6 heteroatoms. The van der Waals surface area contributed by atoms with Gasteiger partial charge >= 0.3 is 0 Å². The lowest BCUT2D eigenvalue weighted by Crippen LogP contribution is -2.59. The molecule has 1 heterocycles. The number of anilines is 1. The third kappa shape index (κ3) is 6.39. The maximum Gasteiger partial charge on any atom is 0.231 e. The van der Waals surface area contributed by atoms with Gasteiger partial charge in [0.25, 0.3) is 0 Å². The summed E-state index contributed by atoms with van der Waals surface area (Å²) in [4.78, 5) is 28.4. The maximum atomic E-state index is 12.6. The van der Waals surface area contributed by atoms with Crippen LogP contribution in [-0.2, 0) is 9.59 Å². The Labute approximate surface area is 214 Å². The molecule has 0 saturated carbocycles. The molecule has 36 heavy (non-hydrogen) atoms. The highest BCUT2D eigenvalue weighted by molar-refractivity contribution is 5.76. The first kappa shape index (κ1) is 25.6.